The van der Waals surface area contributed by atoms with E-state index in [1.165, 1.54) is 6.42 Å². The van der Waals surface area contributed by atoms with Crippen molar-refractivity contribution >= 4 is 5.97 Å². The van der Waals surface area contributed by atoms with Crippen LogP contribution in [0.2, 0.25) is 0 Å². The second-order valence-corrected chi connectivity index (χ2v) is 8.05. The van der Waals surface area contributed by atoms with Crippen LogP contribution < -0.4 is 0 Å². The molecule has 0 unspecified atom stereocenters. The average molecular weight is 349 g/mol. The van der Waals surface area contributed by atoms with Crippen molar-refractivity contribution in [3.05, 3.63) is 71.8 Å². The van der Waals surface area contributed by atoms with Gasteiger partial charge in [0.25, 0.3) is 0 Å². The molecule has 1 aliphatic heterocycles. The van der Waals surface area contributed by atoms with Gasteiger partial charge in [-0.05, 0) is 50.3 Å². The van der Waals surface area contributed by atoms with Crippen molar-refractivity contribution in [1.29, 1.82) is 0 Å². The molecule has 2 aliphatic rings. The largest absolute Gasteiger partial charge is 0.461 e. The van der Waals surface area contributed by atoms with E-state index in [0.29, 0.717) is 12.0 Å². The average Bonchev–Trinajstić information content (AvgIpc) is 2.94. The Bertz CT molecular complexity index is 717. The zero-order valence-corrected chi connectivity index (χ0v) is 15.6. The van der Waals surface area contributed by atoms with Crippen LogP contribution in [0.15, 0.2) is 60.7 Å². The number of nitrogens with zero attached hydrogens (tertiary/aromatic N) is 1. The Hall–Kier alpha value is -2.13. The minimum Gasteiger partial charge on any atom is -0.461 e. The maximum atomic E-state index is 13.4. The predicted octanol–water partition coefficient (Wildman–Crippen LogP) is 4.02. The number of ether oxygens (including phenoxy) is 1. The molecule has 26 heavy (non-hydrogen) atoms. The van der Waals surface area contributed by atoms with Crippen molar-refractivity contribution in [2.24, 2.45) is 5.92 Å². The van der Waals surface area contributed by atoms with E-state index in [1.54, 1.807) is 0 Å². The fourth-order valence-corrected chi connectivity index (χ4v) is 4.72. The first-order chi connectivity index (χ1) is 12.6. The van der Waals surface area contributed by atoms with Crippen LogP contribution >= 0.6 is 0 Å². The maximum Gasteiger partial charge on any atom is 0.321 e. The quantitative estimate of drug-likeness (QED) is 0.781. The molecule has 1 saturated carbocycles. The molecule has 2 aromatic carbocycles. The predicted molar refractivity (Wildman–Crippen MR) is 103 cm³/mol. The number of rotatable bonds is 4. The van der Waals surface area contributed by atoms with Crippen molar-refractivity contribution in [2.75, 3.05) is 13.6 Å². The van der Waals surface area contributed by atoms with Crippen molar-refractivity contribution in [2.45, 2.75) is 43.7 Å². The highest BCUT2D eigenvalue weighted by Gasteiger charge is 2.43. The van der Waals surface area contributed by atoms with E-state index < -0.39 is 5.41 Å². The summed E-state index contributed by atoms with van der Waals surface area (Å²) in [5.74, 6) is 0.528. The third-order valence-corrected chi connectivity index (χ3v) is 6.29. The standard InChI is InChI=1S/C23H27NO2/c1-23(18-9-5-3-6-10-18,19-11-7-4-8-12-19)22(25)26-21-14-17-13-20(15-21)24(2)16-17/h3-12,17,20-21H,13-16H2,1-2H3/t17-,20+,21-/m0/s1. The number of likely N-dealkylation sites (tertiary alicyclic amines) is 1. The molecule has 4 rings (SSSR count). The molecule has 136 valence electrons. The normalized spacial score (nSPS) is 25.8. The number of carbonyl (C=O) groups is 1. The van der Waals surface area contributed by atoms with E-state index in [4.69, 9.17) is 4.74 Å². The summed E-state index contributed by atoms with van der Waals surface area (Å²) in [5, 5.41) is 0. The number of esters is 1. The summed E-state index contributed by atoms with van der Waals surface area (Å²) in [4.78, 5) is 15.8. The van der Waals surface area contributed by atoms with Gasteiger partial charge in [-0.25, -0.2) is 0 Å². The highest BCUT2D eigenvalue weighted by atomic mass is 16.5. The van der Waals surface area contributed by atoms with E-state index in [-0.39, 0.29) is 12.1 Å². The van der Waals surface area contributed by atoms with Gasteiger partial charge in [0.1, 0.15) is 11.5 Å². The van der Waals surface area contributed by atoms with Gasteiger partial charge in [-0.3, -0.25) is 4.79 Å². The Morgan fingerprint density at radius 3 is 2.08 bits per heavy atom. The Morgan fingerprint density at radius 2 is 1.54 bits per heavy atom. The zero-order chi connectivity index (χ0) is 18.1. The highest BCUT2D eigenvalue weighted by Crippen LogP contribution is 2.38. The Morgan fingerprint density at radius 1 is 0.962 bits per heavy atom. The van der Waals surface area contributed by atoms with Crippen LogP contribution in [0.4, 0.5) is 0 Å². The van der Waals surface area contributed by atoms with Crippen molar-refractivity contribution in [1.82, 2.24) is 4.90 Å². The highest BCUT2D eigenvalue weighted by molar-refractivity contribution is 5.87. The van der Waals surface area contributed by atoms with Crippen LogP contribution in [0, 0.1) is 5.92 Å². The number of carbonyl (C=O) groups excluding carboxylic acids is 1. The molecule has 0 radical (unpaired) electrons. The SMILES string of the molecule is CN1C[C@@H]2C[C@H](OC(=O)C(C)(c3ccccc3)c3ccccc3)C[C@H]1C2. The van der Waals surface area contributed by atoms with E-state index in [1.807, 2.05) is 67.6 Å². The molecule has 3 atom stereocenters. The lowest BCUT2D eigenvalue weighted by molar-refractivity contribution is -0.156. The number of benzene rings is 2. The molecular formula is C23H27NO2. The molecule has 2 bridgehead atoms. The monoisotopic (exact) mass is 349 g/mol. The van der Waals surface area contributed by atoms with Crippen molar-refractivity contribution in [3.8, 4) is 0 Å². The van der Waals surface area contributed by atoms with Gasteiger partial charge in [0.15, 0.2) is 0 Å². The first-order valence-corrected chi connectivity index (χ1v) is 9.59. The van der Waals surface area contributed by atoms with Crippen LogP contribution in [-0.4, -0.2) is 36.6 Å². The summed E-state index contributed by atoms with van der Waals surface area (Å²) in [6, 6.07) is 20.5. The maximum absolute atomic E-state index is 13.4. The van der Waals surface area contributed by atoms with Gasteiger partial charge < -0.3 is 9.64 Å². The molecule has 0 spiro atoms. The summed E-state index contributed by atoms with van der Waals surface area (Å²) in [6.45, 7) is 3.12. The molecule has 3 heteroatoms. The summed E-state index contributed by atoms with van der Waals surface area (Å²) in [7, 11) is 2.19. The molecule has 0 aromatic heterocycles. The number of hydrogen-bond donors (Lipinski definition) is 0. The van der Waals surface area contributed by atoms with E-state index in [9.17, 15) is 4.79 Å². The van der Waals surface area contributed by atoms with Gasteiger partial charge in [0, 0.05) is 12.6 Å². The van der Waals surface area contributed by atoms with E-state index >= 15 is 0 Å². The third kappa shape index (κ3) is 3.05. The zero-order valence-electron chi connectivity index (χ0n) is 15.6. The molecule has 1 heterocycles. The summed E-state index contributed by atoms with van der Waals surface area (Å²) in [5.41, 5.74) is 1.17. The van der Waals surface area contributed by atoms with Crippen LogP contribution in [0.3, 0.4) is 0 Å². The fourth-order valence-electron chi connectivity index (χ4n) is 4.72. The molecule has 2 fully saturated rings. The lowest BCUT2D eigenvalue weighted by Crippen LogP contribution is -2.40. The lowest BCUT2D eigenvalue weighted by atomic mass is 9.76. The van der Waals surface area contributed by atoms with E-state index in [2.05, 4.69) is 11.9 Å². The molecule has 0 N–H and O–H groups in total. The van der Waals surface area contributed by atoms with Crippen molar-refractivity contribution < 1.29 is 9.53 Å². The van der Waals surface area contributed by atoms with E-state index in [0.717, 1.165) is 30.5 Å². The molecule has 0 amide bonds. The summed E-state index contributed by atoms with van der Waals surface area (Å²) < 4.78 is 6.13. The Kier molecular flexibility index (Phi) is 4.58. The topological polar surface area (TPSA) is 29.5 Å². The van der Waals surface area contributed by atoms with Crippen LogP contribution in [0.25, 0.3) is 0 Å². The molecule has 2 aromatic rings. The fraction of sp³-hybridized carbons (Fsp3) is 0.435. The summed E-state index contributed by atoms with van der Waals surface area (Å²) >= 11 is 0. The number of fused-ring (bicyclic) bond motifs is 2. The second-order valence-electron chi connectivity index (χ2n) is 8.05. The van der Waals surface area contributed by atoms with Crippen molar-refractivity contribution in [3.63, 3.8) is 0 Å². The van der Waals surface area contributed by atoms with Gasteiger partial charge >= 0.3 is 5.97 Å². The Balaban J connectivity index is 1.61. The van der Waals surface area contributed by atoms with Crippen LogP contribution in [0.5, 0.6) is 0 Å². The first kappa shape index (κ1) is 17.3. The van der Waals surface area contributed by atoms with Gasteiger partial charge in [-0.15, -0.1) is 0 Å². The van der Waals surface area contributed by atoms with Gasteiger partial charge in [-0.1, -0.05) is 60.7 Å². The molecule has 1 aliphatic carbocycles. The van der Waals surface area contributed by atoms with Gasteiger partial charge in [0.05, 0.1) is 0 Å². The summed E-state index contributed by atoms with van der Waals surface area (Å²) in [6.07, 6.45) is 3.23. The molecular weight excluding hydrogens is 322 g/mol. The van der Waals surface area contributed by atoms with Crippen LogP contribution in [0.1, 0.15) is 37.3 Å². The first-order valence-electron chi connectivity index (χ1n) is 9.59. The minimum absolute atomic E-state index is 0.0305. The Labute approximate surface area is 156 Å². The minimum atomic E-state index is -0.787. The third-order valence-electron chi connectivity index (χ3n) is 6.29. The second kappa shape index (κ2) is 6.88. The van der Waals surface area contributed by atoms with Gasteiger partial charge in [-0.2, -0.15) is 0 Å². The van der Waals surface area contributed by atoms with Gasteiger partial charge in [0.2, 0.25) is 0 Å². The smallest absolute Gasteiger partial charge is 0.321 e. The lowest BCUT2D eigenvalue weighted by Gasteiger charge is -2.33. The molecule has 3 nitrogen and oxygen atoms in total. The number of hydrogen-bond acceptors (Lipinski definition) is 3. The molecule has 1 saturated heterocycles. The van der Waals surface area contributed by atoms with Crippen LogP contribution in [-0.2, 0) is 14.9 Å².